The predicted octanol–water partition coefficient (Wildman–Crippen LogP) is 4.68. The van der Waals surface area contributed by atoms with Crippen LogP contribution in [0, 0.1) is 0 Å². The monoisotopic (exact) mass is 486 g/mol. The highest BCUT2D eigenvalue weighted by Gasteiger charge is 2.28. The number of anilines is 1. The van der Waals surface area contributed by atoms with Gasteiger partial charge in [0.2, 0.25) is 5.91 Å². The van der Waals surface area contributed by atoms with E-state index in [9.17, 15) is 13.2 Å². The van der Waals surface area contributed by atoms with Gasteiger partial charge in [-0.15, -0.1) is 0 Å². The van der Waals surface area contributed by atoms with Crippen LogP contribution in [0.3, 0.4) is 0 Å². The average Bonchev–Trinajstić information content (AvgIpc) is 2.82. The van der Waals surface area contributed by atoms with Crippen molar-refractivity contribution in [1.82, 2.24) is 5.32 Å². The number of ether oxygens (including phenoxy) is 1. The van der Waals surface area contributed by atoms with Gasteiger partial charge in [0, 0.05) is 6.04 Å². The minimum atomic E-state index is -4.00. The van der Waals surface area contributed by atoms with E-state index in [4.69, 9.17) is 16.3 Å². The first-order chi connectivity index (χ1) is 15.8. The Bertz CT molecular complexity index is 1170. The number of nitrogens with one attached hydrogen (secondary N) is 1. The summed E-state index contributed by atoms with van der Waals surface area (Å²) in [6.07, 6.45) is 1.54. The van der Waals surface area contributed by atoms with Crippen LogP contribution in [0.2, 0.25) is 5.02 Å². The number of carbonyl (C=O) groups excluding carboxylic acids is 1. The van der Waals surface area contributed by atoms with Crippen molar-refractivity contribution in [2.45, 2.75) is 30.7 Å². The summed E-state index contributed by atoms with van der Waals surface area (Å²) in [5, 5.41) is 3.16. The number of methoxy groups -OCH3 is 1. The lowest BCUT2D eigenvalue weighted by Gasteiger charge is -2.25. The van der Waals surface area contributed by atoms with Gasteiger partial charge in [0.15, 0.2) is 0 Å². The molecule has 0 saturated carbocycles. The third-order valence-electron chi connectivity index (χ3n) is 5.16. The number of halogens is 1. The molecule has 174 valence electrons. The molecule has 0 aliphatic heterocycles. The lowest BCUT2D eigenvalue weighted by atomic mass is 10.1. The Morgan fingerprint density at radius 2 is 1.67 bits per heavy atom. The Labute approximate surface area is 200 Å². The van der Waals surface area contributed by atoms with Crippen LogP contribution < -0.4 is 14.4 Å². The SMILES string of the molecule is COc1ccc(N(CC(=O)N[C@H](C)CCc2ccccc2)S(=O)(=O)c2ccccc2)cc1Cl. The Hall–Kier alpha value is -3.03. The smallest absolute Gasteiger partial charge is 0.264 e. The molecular formula is C25H27ClN2O4S. The van der Waals surface area contributed by atoms with Crippen molar-refractivity contribution in [1.29, 1.82) is 0 Å². The van der Waals surface area contributed by atoms with E-state index in [2.05, 4.69) is 5.32 Å². The molecule has 0 fully saturated rings. The minimum absolute atomic E-state index is 0.0851. The second kappa shape index (κ2) is 11.2. The van der Waals surface area contributed by atoms with Crippen LogP contribution in [-0.4, -0.2) is 34.0 Å². The van der Waals surface area contributed by atoms with Gasteiger partial charge in [-0.1, -0.05) is 60.1 Å². The summed E-state index contributed by atoms with van der Waals surface area (Å²) < 4.78 is 33.0. The van der Waals surface area contributed by atoms with E-state index < -0.39 is 15.9 Å². The van der Waals surface area contributed by atoms with Gasteiger partial charge in [-0.05, 0) is 55.7 Å². The van der Waals surface area contributed by atoms with Gasteiger partial charge in [0.25, 0.3) is 10.0 Å². The first kappa shape index (κ1) is 24.6. The Morgan fingerprint density at radius 1 is 1.03 bits per heavy atom. The summed E-state index contributed by atoms with van der Waals surface area (Å²) in [4.78, 5) is 12.9. The zero-order chi connectivity index (χ0) is 23.8. The quantitative estimate of drug-likeness (QED) is 0.451. The molecule has 0 bridgehead atoms. The number of amides is 1. The van der Waals surface area contributed by atoms with Gasteiger partial charge in [0.05, 0.1) is 22.7 Å². The molecule has 0 unspecified atom stereocenters. The third-order valence-corrected chi connectivity index (χ3v) is 7.24. The van der Waals surface area contributed by atoms with Crippen molar-refractivity contribution in [3.05, 3.63) is 89.4 Å². The van der Waals surface area contributed by atoms with Crippen molar-refractivity contribution >= 4 is 33.2 Å². The number of sulfonamides is 1. The van der Waals surface area contributed by atoms with E-state index in [-0.39, 0.29) is 28.2 Å². The molecule has 0 saturated heterocycles. The van der Waals surface area contributed by atoms with Gasteiger partial charge in [0.1, 0.15) is 12.3 Å². The van der Waals surface area contributed by atoms with E-state index >= 15 is 0 Å². The number of hydrogen-bond donors (Lipinski definition) is 1. The summed E-state index contributed by atoms with van der Waals surface area (Å²) in [6, 6.07) is 22.5. The maximum atomic E-state index is 13.4. The molecule has 1 N–H and O–H groups in total. The maximum Gasteiger partial charge on any atom is 0.264 e. The second-order valence-electron chi connectivity index (χ2n) is 7.64. The normalized spacial score (nSPS) is 12.1. The van der Waals surface area contributed by atoms with Crippen LogP contribution >= 0.6 is 11.6 Å². The molecule has 1 atom stereocenters. The fourth-order valence-electron chi connectivity index (χ4n) is 3.40. The van der Waals surface area contributed by atoms with Crippen LogP contribution in [-0.2, 0) is 21.2 Å². The lowest BCUT2D eigenvalue weighted by molar-refractivity contribution is -0.120. The average molecular weight is 487 g/mol. The zero-order valence-corrected chi connectivity index (χ0v) is 20.1. The number of hydrogen-bond acceptors (Lipinski definition) is 4. The predicted molar refractivity (Wildman–Crippen MR) is 131 cm³/mol. The van der Waals surface area contributed by atoms with Crippen LogP contribution in [0.5, 0.6) is 5.75 Å². The Kier molecular flexibility index (Phi) is 8.36. The fraction of sp³-hybridized carbons (Fsp3) is 0.240. The molecule has 33 heavy (non-hydrogen) atoms. The molecule has 3 aromatic carbocycles. The summed E-state index contributed by atoms with van der Waals surface area (Å²) >= 11 is 6.24. The molecule has 0 aliphatic carbocycles. The molecule has 6 nitrogen and oxygen atoms in total. The maximum absolute atomic E-state index is 13.4. The van der Waals surface area contributed by atoms with Gasteiger partial charge < -0.3 is 10.1 Å². The summed E-state index contributed by atoms with van der Waals surface area (Å²) in [7, 11) is -2.53. The van der Waals surface area contributed by atoms with Crippen LogP contribution in [0.4, 0.5) is 5.69 Å². The van der Waals surface area contributed by atoms with Gasteiger partial charge in [-0.25, -0.2) is 8.42 Å². The van der Waals surface area contributed by atoms with Gasteiger partial charge in [-0.2, -0.15) is 0 Å². The summed E-state index contributed by atoms with van der Waals surface area (Å²) in [6.45, 7) is 1.52. The third kappa shape index (κ3) is 6.49. The molecule has 0 radical (unpaired) electrons. The van der Waals surface area contributed by atoms with Gasteiger partial charge >= 0.3 is 0 Å². The van der Waals surface area contributed by atoms with Crippen molar-refractivity contribution in [2.75, 3.05) is 18.0 Å². The highest BCUT2D eigenvalue weighted by atomic mass is 35.5. The Morgan fingerprint density at radius 3 is 2.27 bits per heavy atom. The van der Waals surface area contributed by atoms with E-state index in [1.807, 2.05) is 37.3 Å². The highest BCUT2D eigenvalue weighted by molar-refractivity contribution is 7.92. The molecular weight excluding hydrogens is 460 g/mol. The molecule has 0 aliphatic rings. The standard InChI is InChI=1S/C25H27ClN2O4S/c1-19(13-14-20-9-5-3-6-10-20)27-25(29)18-28(21-15-16-24(32-2)23(26)17-21)33(30,31)22-11-7-4-8-12-22/h3-12,15-17,19H,13-14,18H2,1-2H3,(H,27,29)/t19-/m1/s1. The highest BCUT2D eigenvalue weighted by Crippen LogP contribution is 2.31. The van der Waals surface area contributed by atoms with Crippen LogP contribution in [0.15, 0.2) is 83.8 Å². The molecule has 3 aromatic rings. The topological polar surface area (TPSA) is 75.7 Å². The first-order valence-corrected chi connectivity index (χ1v) is 12.4. The van der Waals surface area contributed by atoms with Crippen molar-refractivity contribution in [3.8, 4) is 5.75 Å². The van der Waals surface area contributed by atoms with Crippen LogP contribution in [0.25, 0.3) is 0 Å². The number of aryl methyl sites for hydroxylation is 1. The zero-order valence-electron chi connectivity index (χ0n) is 18.6. The van der Waals surface area contributed by atoms with Crippen molar-refractivity contribution in [3.63, 3.8) is 0 Å². The van der Waals surface area contributed by atoms with E-state index in [0.29, 0.717) is 5.75 Å². The molecule has 1 amide bonds. The minimum Gasteiger partial charge on any atom is -0.495 e. The molecule has 8 heteroatoms. The number of carbonyl (C=O) groups is 1. The largest absolute Gasteiger partial charge is 0.495 e. The molecule has 0 spiro atoms. The lowest BCUT2D eigenvalue weighted by Crippen LogP contribution is -2.43. The first-order valence-electron chi connectivity index (χ1n) is 10.6. The van der Waals surface area contributed by atoms with Crippen molar-refractivity contribution < 1.29 is 17.9 Å². The number of benzene rings is 3. The number of nitrogens with zero attached hydrogens (tertiary/aromatic N) is 1. The van der Waals surface area contributed by atoms with Crippen molar-refractivity contribution in [2.24, 2.45) is 0 Å². The summed E-state index contributed by atoms with van der Waals surface area (Å²) in [5.74, 6) is 0.0125. The van der Waals surface area contributed by atoms with E-state index in [0.717, 1.165) is 17.1 Å². The molecule has 3 rings (SSSR count). The molecule has 0 heterocycles. The van der Waals surface area contributed by atoms with Gasteiger partial charge in [-0.3, -0.25) is 9.10 Å². The second-order valence-corrected chi connectivity index (χ2v) is 9.91. The fourth-order valence-corrected chi connectivity index (χ4v) is 5.08. The molecule has 0 aromatic heterocycles. The van der Waals surface area contributed by atoms with E-state index in [1.165, 1.54) is 30.9 Å². The number of rotatable bonds is 10. The van der Waals surface area contributed by atoms with E-state index in [1.54, 1.807) is 30.3 Å². The van der Waals surface area contributed by atoms with Crippen LogP contribution in [0.1, 0.15) is 18.9 Å². The Balaban J connectivity index is 1.79. The summed E-state index contributed by atoms with van der Waals surface area (Å²) in [5.41, 5.74) is 1.46.